The molecule has 0 unspecified atom stereocenters. The van der Waals surface area contributed by atoms with Gasteiger partial charge < -0.3 is 14.4 Å². The van der Waals surface area contributed by atoms with Crippen LogP contribution in [-0.2, 0) is 25.5 Å². The molecule has 0 bridgehead atoms. The predicted molar refractivity (Wildman–Crippen MR) is 225 cm³/mol. The van der Waals surface area contributed by atoms with Gasteiger partial charge in [-0.3, -0.25) is 0 Å². The maximum absolute atomic E-state index is 8.22. The van der Waals surface area contributed by atoms with Crippen molar-refractivity contribution in [1.82, 2.24) is 9.97 Å². The van der Waals surface area contributed by atoms with E-state index < -0.39 is 5.89 Å². The van der Waals surface area contributed by atoms with Crippen molar-refractivity contribution in [1.29, 1.82) is 0 Å². The van der Waals surface area contributed by atoms with Gasteiger partial charge in [0.15, 0.2) is 0 Å². The Bertz CT molecular complexity index is 2940. The average Bonchev–Trinajstić information content (AvgIpc) is 3.70. The molecule has 1 aliphatic carbocycles. The van der Waals surface area contributed by atoms with Crippen LogP contribution in [0, 0.1) is 12.1 Å². The molecule has 9 aromatic rings. The summed E-state index contributed by atoms with van der Waals surface area (Å²) < 4.78 is 14.9. The van der Waals surface area contributed by atoms with Crippen molar-refractivity contribution < 1.29 is 25.9 Å². The minimum atomic E-state index is -0.634. The fourth-order valence-corrected chi connectivity index (χ4v) is 8.10. The van der Waals surface area contributed by atoms with Crippen LogP contribution < -0.4 is 0 Å². The van der Waals surface area contributed by atoms with E-state index in [9.17, 15) is 0 Å². The van der Waals surface area contributed by atoms with Crippen LogP contribution in [0.25, 0.3) is 77.1 Å². The Hall–Kier alpha value is -5.41. The Labute approximate surface area is 338 Å². The molecule has 0 saturated heterocycles. The van der Waals surface area contributed by atoms with E-state index in [0.717, 1.165) is 50.0 Å². The Kier molecular flexibility index (Phi) is 9.21. The first-order chi connectivity index (χ1) is 26.5. The average molecular weight is 892 g/mol. The zero-order chi connectivity index (χ0) is 38.1. The van der Waals surface area contributed by atoms with Gasteiger partial charge in [-0.25, -0.2) is 0 Å². The topological polar surface area (TPSA) is 38.9 Å². The smallest absolute Gasteiger partial charge is 0.129 e. The van der Waals surface area contributed by atoms with E-state index in [0.29, 0.717) is 5.92 Å². The van der Waals surface area contributed by atoms with E-state index in [4.69, 9.17) is 5.79 Å². The number of nitrogens with zero attached hydrogens (tertiary/aromatic N) is 2. The summed E-state index contributed by atoms with van der Waals surface area (Å²) >= 11 is 0. The third-order valence-electron chi connectivity index (χ3n) is 11.1. The Morgan fingerprint density at radius 1 is 0.636 bits per heavy atom. The monoisotopic (exact) mass is 892 g/mol. The molecule has 0 fully saturated rings. The summed E-state index contributed by atoms with van der Waals surface area (Å²) in [7, 11) is 0. The summed E-state index contributed by atoms with van der Waals surface area (Å²) in [5, 5.41) is 7.13. The molecular weight excluding hydrogens is 849 g/mol. The van der Waals surface area contributed by atoms with Crippen molar-refractivity contribution in [3.63, 3.8) is 0 Å². The number of pyridine rings is 2. The summed E-state index contributed by atoms with van der Waals surface area (Å²) in [6, 6.07) is 49.1. The van der Waals surface area contributed by atoms with Gasteiger partial charge in [0, 0.05) is 50.2 Å². The van der Waals surface area contributed by atoms with Crippen molar-refractivity contribution in [3.8, 4) is 33.6 Å². The van der Waals surface area contributed by atoms with Crippen LogP contribution in [0.1, 0.15) is 77.0 Å². The van der Waals surface area contributed by atoms with Crippen molar-refractivity contribution in [3.05, 3.63) is 168 Å². The molecule has 0 amide bonds. The summed E-state index contributed by atoms with van der Waals surface area (Å²) in [4.78, 5) is 9.13. The Balaban J connectivity index is 0.000000160. The molecule has 4 heteroatoms. The number of hydrogen-bond acceptors (Lipinski definition) is 3. The fraction of sp³-hybridized carbons (Fsp3) is 0.176. The summed E-state index contributed by atoms with van der Waals surface area (Å²) in [6.07, 6.45) is 3.66. The zero-order valence-electron chi connectivity index (χ0n) is 32.9. The molecular formula is C51H42IrN2O-2. The van der Waals surface area contributed by atoms with E-state index in [-0.39, 0.29) is 25.5 Å². The molecule has 1 aliphatic rings. The molecule has 1 radical (unpaired) electrons. The van der Waals surface area contributed by atoms with E-state index in [1.165, 1.54) is 49.4 Å². The van der Waals surface area contributed by atoms with Crippen molar-refractivity contribution >= 4 is 43.5 Å². The number of aromatic nitrogens is 2. The Morgan fingerprint density at radius 2 is 1.35 bits per heavy atom. The first-order valence-corrected chi connectivity index (χ1v) is 18.8. The molecule has 273 valence electrons. The van der Waals surface area contributed by atoms with Crippen LogP contribution >= 0.6 is 0 Å². The minimum absolute atomic E-state index is 0. The number of benzene rings is 6. The molecule has 10 rings (SSSR count). The molecule has 0 saturated carbocycles. The summed E-state index contributed by atoms with van der Waals surface area (Å²) in [5.74, 6) is -0.191. The second-order valence-corrected chi connectivity index (χ2v) is 15.4. The van der Waals surface area contributed by atoms with Crippen molar-refractivity contribution in [2.75, 3.05) is 0 Å². The number of rotatable bonds is 4. The van der Waals surface area contributed by atoms with Crippen LogP contribution in [0.2, 0.25) is 0 Å². The molecule has 6 aromatic carbocycles. The molecule has 0 atom stereocenters. The summed E-state index contributed by atoms with van der Waals surface area (Å²) in [5.41, 5.74) is 12.9. The van der Waals surface area contributed by atoms with Crippen LogP contribution in [-0.4, -0.2) is 9.97 Å². The molecule has 0 spiro atoms. The maximum Gasteiger partial charge on any atom is 0.129 e. The second-order valence-electron chi connectivity index (χ2n) is 15.4. The van der Waals surface area contributed by atoms with Gasteiger partial charge in [-0.1, -0.05) is 159 Å². The van der Waals surface area contributed by atoms with E-state index in [1.807, 2.05) is 44.3 Å². The molecule has 0 N–H and O–H groups in total. The van der Waals surface area contributed by atoms with Gasteiger partial charge in [0.25, 0.3) is 0 Å². The van der Waals surface area contributed by atoms with Crippen LogP contribution in [0.15, 0.2) is 138 Å². The van der Waals surface area contributed by atoms with Gasteiger partial charge >= 0.3 is 0 Å². The number of hydrogen-bond donors (Lipinski definition) is 0. The van der Waals surface area contributed by atoms with Gasteiger partial charge in [-0.2, -0.15) is 0 Å². The van der Waals surface area contributed by atoms with Gasteiger partial charge in [-0.05, 0) is 57.4 Å². The largest absolute Gasteiger partial charge is 0.500 e. The quantitative estimate of drug-likeness (QED) is 0.131. The first kappa shape index (κ1) is 35.3. The SMILES string of the molecule is CC(C)c1ccnc(-c2[c-]ccc3c2oc2c4c(ccc23)C(C)(C)c2ccccc2-4)c1.[2H]C(C)(C)c1ccnc(-c2[c-]cc3c(ccc4ccccc43)c2)c1.[Ir]. The van der Waals surface area contributed by atoms with E-state index in [1.54, 1.807) is 6.20 Å². The second kappa shape index (κ2) is 14.3. The van der Waals surface area contributed by atoms with Crippen molar-refractivity contribution in [2.45, 2.75) is 58.8 Å². The van der Waals surface area contributed by atoms with Crippen LogP contribution in [0.5, 0.6) is 0 Å². The summed E-state index contributed by atoms with van der Waals surface area (Å²) in [6.45, 7) is 12.8. The molecule has 3 heterocycles. The predicted octanol–water partition coefficient (Wildman–Crippen LogP) is 13.9. The minimum Gasteiger partial charge on any atom is -0.500 e. The van der Waals surface area contributed by atoms with Gasteiger partial charge in [0.1, 0.15) is 5.58 Å². The number of furan rings is 1. The third kappa shape index (κ3) is 6.28. The third-order valence-corrected chi connectivity index (χ3v) is 11.1. The maximum atomic E-state index is 8.22. The molecule has 3 nitrogen and oxygen atoms in total. The molecule has 3 aromatic heterocycles. The van der Waals surface area contributed by atoms with Gasteiger partial charge in [0.05, 0.1) is 5.58 Å². The molecule has 55 heavy (non-hydrogen) atoms. The zero-order valence-corrected chi connectivity index (χ0v) is 34.3. The Morgan fingerprint density at radius 3 is 2.16 bits per heavy atom. The first-order valence-electron chi connectivity index (χ1n) is 19.3. The standard InChI is InChI=1S/C29H24NO.C22H18N.Ir/c1-17(2)18-14-15-30-25(16-18)22-10-7-9-19-20-12-13-24-26(28(20)31-27(19)22)21-8-5-6-11-23(21)29(24,3)4;1-15(2)17-11-12-23-22(14-17)19-9-10-21-18(13-19)8-7-16-5-3-4-6-20(16)21;/h5-9,11-17H,1-4H3;3-8,10-15H,1-2H3;/q2*-1;/i;15D;. The fourth-order valence-electron chi connectivity index (χ4n) is 8.10. The molecule has 0 aliphatic heterocycles. The number of fused-ring (bicyclic) bond motifs is 10. The normalized spacial score (nSPS) is 13.3. The van der Waals surface area contributed by atoms with E-state index >= 15 is 0 Å². The van der Waals surface area contributed by atoms with Crippen molar-refractivity contribution in [2.24, 2.45) is 0 Å². The van der Waals surface area contributed by atoms with E-state index in [2.05, 4.69) is 147 Å². The van der Waals surface area contributed by atoms with Crippen LogP contribution in [0.4, 0.5) is 0 Å². The van der Waals surface area contributed by atoms with Gasteiger partial charge in [0.2, 0.25) is 0 Å². The van der Waals surface area contributed by atoms with Gasteiger partial charge in [-0.15, -0.1) is 47.3 Å². The van der Waals surface area contributed by atoms with Crippen LogP contribution in [0.3, 0.4) is 0 Å².